The van der Waals surface area contributed by atoms with E-state index in [-0.39, 0.29) is 109 Å². The molecule has 10 atom stereocenters. The Hall–Kier alpha value is -3.78. The normalized spacial score (nSPS) is 17.4. The summed E-state index contributed by atoms with van der Waals surface area (Å²) >= 11 is 7.07. The molecule has 0 aliphatic carbocycles. The number of benzene rings is 1. The molecule has 0 spiro atoms. The van der Waals surface area contributed by atoms with Gasteiger partial charge in [0.1, 0.15) is 5.78 Å². The van der Waals surface area contributed by atoms with Crippen LogP contribution in [0.15, 0.2) is 30.3 Å². The Bertz CT molecular complexity index is 2150. The molecule has 19 heteroatoms. The lowest BCUT2D eigenvalue weighted by Gasteiger charge is -2.41. The maximum absolute atomic E-state index is 14.4. The van der Waals surface area contributed by atoms with E-state index in [1.54, 1.807) is 56.4 Å². The number of amides is 5. The van der Waals surface area contributed by atoms with Gasteiger partial charge in [-0.15, -0.1) is 11.8 Å². The number of imide groups is 1. The summed E-state index contributed by atoms with van der Waals surface area (Å²) in [5.41, 5.74) is 0.841. The van der Waals surface area contributed by atoms with Crippen molar-refractivity contribution in [3.8, 4) is 0 Å². The molecule has 1 N–H and O–H groups in total. The van der Waals surface area contributed by atoms with Crippen LogP contribution in [0, 0.1) is 35.5 Å². The van der Waals surface area contributed by atoms with Crippen LogP contribution in [0.1, 0.15) is 212 Å². The quantitative estimate of drug-likeness (QED) is 0.0361. The number of rotatable bonds is 37. The van der Waals surface area contributed by atoms with Gasteiger partial charge in [0.25, 0.3) is 0 Å². The SMILES string of the molecule is C.CCC(=O)N(C)[C@H](C(=O)C[C@H](C(=O)N(C)C([C@@H](C)CC)[C@@H](CC(=O)N1CCC[C@H]1[C@H](OC)[C@@H](C)C(=O)C[C@@H](Cc1ccccc1)C(=O)O)OC)C(C)C)C(C)C.CCCCCN1C(=O)CC(SCCCC)C1=O.CCCCS.CCCCSC(C)=O. The number of carbonyl (C=O) groups is 9. The second-order valence-electron chi connectivity index (χ2n) is 23.8. The number of thiol groups is 1. The number of hydrogen-bond donors (Lipinski definition) is 2. The fourth-order valence-corrected chi connectivity index (χ4v) is 13.3. The van der Waals surface area contributed by atoms with Crippen molar-refractivity contribution < 1.29 is 57.7 Å². The first-order chi connectivity index (χ1) is 40.7. The fourth-order valence-electron chi connectivity index (χ4n) is 11.0. The zero-order valence-electron chi connectivity index (χ0n) is 56.1. The van der Waals surface area contributed by atoms with Gasteiger partial charge in [-0.1, -0.05) is 171 Å². The topological polar surface area (TPSA) is 205 Å². The Balaban J connectivity index is 0. The molecule has 2 saturated heterocycles. The molecule has 2 unspecified atom stereocenters. The standard InChI is InChI=1S/C44H71N3O9.C13H23NO2S.C6H12OS.C4H10S.CH4/c1-13-29(7)41(46(10)43(52)33(27(3)4)25-36(49)40(28(5)6)45(9)38(50)14-2)37(55-11)26-39(51)47-22-18-21-34(47)42(56-12)30(8)35(48)24-32(44(53)54)23-31-19-16-15-17-20-31;1-3-5-7-8-14-12(15)10-11(13(14)16)17-9-6-4-2;1-3-4-5-8-6(2)7;1-2-3-4-5;/h15-17,19-20,27-30,32-34,37,40-42H,13-14,18,21-26H2,1-12H3,(H,53,54);11H,3-10H2,1-2H3;3-5H2,1-2H3;5H,2-4H2,1H3;1H4/t29-,30-,32+,33-,34-,37+,40-,41?,42+;;;;/m0..../s1. The smallest absolute Gasteiger partial charge is 0.307 e. The molecule has 2 fully saturated rings. The minimum absolute atomic E-state index is 0. The van der Waals surface area contributed by atoms with Crippen LogP contribution in [0.2, 0.25) is 0 Å². The first kappa shape index (κ1) is 85.3. The average molecular weight is 1280 g/mol. The molecule has 2 heterocycles. The van der Waals surface area contributed by atoms with Crippen molar-refractivity contribution in [3.05, 3.63) is 35.9 Å². The third kappa shape index (κ3) is 30.7. The van der Waals surface area contributed by atoms with Gasteiger partial charge in [0.15, 0.2) is 10.9 Å². The number of methoxy groups -OCH3 is 2. The molecule has 87 heavy (non-hydrogen) atoms. The number of ketones is 2. The van der Waals surface area contributed by atoms with E-state index in [0.717, 1.165) is 61.3 Å². The van der Waals surface area contributed by atoms with Crippen LogP contribution in [0.3, 0.4) is 0 Å². The van der Waals surface area contributed by atoms with Crippen molar-refractivity contribution >= 4 is 88.3 Å². The molecule has 1 aromatic carbocycles. The van der Waals surface area contributed by atoms with Crippen LogP contribution in [0.5, 0.6) is 0 Å². The highest BCUT2D eigenvalue weighted by atomic mass is 32.2. The number of unbranched alkanes of at least 4 members (excludes halogenated alkanes) is 5. The van der Waals surface area contributed by atoms with Crippen molar-refractivity contribution in [3.63, 3.8) is 0 Å². The number of nitrogens with zero attached hydrogens (tertiary/aromatic N) is 4. The molecule has 2 aliphatic rings. The van der Waals surface area contributed by atoms with Crippen molar-refractivity contribution in [1.82, 2.24) is 19.6 Å². The number of likely N-dealkylation sites (tertiary alicyclic amines) is 2. The second-order valence-corrected chi connectivity index (χ2v) is 26.9. The number of aliphatic carboxylic acids is 1. The van der Waals surface area contributed by atoms with E-state index in [1.165, 1.54) is 55.0 Å². The zero-order valence-corrected chi connectivity index (χ0v) is 58.6. The molecular formula is C68H120N4O12S3. The maximum Gasteiger partial charge on any atom is 0.307 e. The van der Waals surface area contributed by atoms with E-state index in [4.69, 9.17) is 9.47 Å². The van der Waals surface area contributed by atoms with Gasteiger partial charge in [0.05, 0.1) is 47.9 Å². The lowest BCUT2D eigenvalue weighted by Crippen LogP contribution is -2.54. The number of likely N-dealkylation sites (N-methyl/N-ethyl adjacent to an activating group) is 2. The number of carboxylic acids is 1. The van der Waals surface area contributed by atoms with Gasteiger partial charge in [-0.25, -0.2) is 0 Å². The van der Waals surface area contributed by atoms with Gasteiger partial charge >= 0.3 is 5.97 Å². The van der Waals surface area contributed by atoms with Gasteiger partial charge in [-0.05, 0) is 79.8 Å². The predicted molar refractivity (Wildman–Crippen MR) is 362 cm³/mol. The van der Waals surface area contributed by atoms with Crippen LogP contribution < -0.4 is 0 Å². The molecule has 2 aliphatic heterocycles. The summed E-state index contributed by atoms with van der Waals surface area (Å²) in [5.74, 6) is -1.38. The number of hydrogen-bond acceptors (Lipinski definition) is 14. The minimum Gasteiger partial charge on any atom is -0.481 e. The number of ether oxygens (including phenoxy) is 2. The van der Waals surface area contributed by atoms with E-state index < -0.39 is 54.1 Å². The van der Waals surface area contributed by atoms with Gasteiger partial charge in [-0.3, -0.25) is 48.1 Å². The zero-order chi connectivity index (χ0) is 65.6. The maximum atomic E-state index is 14.4. The van der Waals surface area contributed by atoms with Crippen LogP contribution in [-0.2, 0) is 59.0 Å². The first-order valence-corrected chi connectivity index (χ1v) is 34.8. The molecule has 5 amide bonds. The summed E-state index contributed by atoms with van der Waals surface area (Å²) in [6.45, 7) is 26.4. The lowest BCUT2D eigenvalue weighted by atomic mass is 9.83. The Labute approximate surface area is 541 Å². The second kappa shape index (κ2) is 48.1. The van der Waals surface area contributed by atoms with E-state index >= 15 is 0 Å². The first-order valence-electron chi connectivity index (χ1n) is 32.1. The number of carbonyl (C=O) groups excluding carboxylic acids is 8. The van der Waals surface area contributed by atoms with Crippen molar-refractivity contribution in [2.45, 2.75) is 249 Å². The van der Waals surface area contributed by atoms with Gasteiger partial charge < -0.3 is 29.3 Å². The highest BCUT2D eigenvalue weighted by Gasteiger charge is 2.44. The molecule has 3 rings (SSSR count). The summed E-state index contributed by atoms with van der Waals surface area (Å²) in [5, 5.41) is 10.1. The Morgan fingerprint density at radius 1 is 0.759 bits per heavy atom. The number of thioether (sulfide) groups is 2. The van der Waals surface area contributed by atoms with Crippen LogP contribution in [0.25, 0.3) is 0 Å². The highest BCUT2D eigenvalue weighted by molar-refractivity contribution is 8.13. The Morgan fingerprint density at radius 3 is 1.84 bits per heavy atom. The van der Waals surface area contributed by atoms with Crippen molar-refractivity contribution in [2.75, 3.05) is 58.7 Å². The largest absolute Gasteiger partial charge is 0.481 e. The minimum atomic E-state index is -1.03. The van der Waals surface area contributed by atoms with E-state index in [1.807, 2.05) is 71.9 Å². The molecule has 0 aromatic heterocycles. The molecule has 16 nitrogen and oxygen atoms in total. The lowest BCUT2D eigenvalue weighted by molar-refractivity contribution is -0.150. The van der Waals surface area contributed by atoms with Crippen LogP contribution in [-0.4, -0.2) is 171 Å². The van der Waals surface area contributed by atoms with Crippen LogP contribution >= 0.6 is 36.2 Å². The number of carboxylic acid groups (broad SMARTS) is 1. The van der Waals surface area contributed by atoms with E-state index in [0.29, 0.717) is 38.8 Å². The Kier molecular flexibility index (Phi) is 47.1. The summed E-state index contributed by atoms with van der Waals surface area (Å²) in [6.07, 6.45) is 11.8. The summed E-state index contributed by atoms with van der Waals surface area (Å²) in [6, 6.07) is 7.70. The summed E-state index contributed by atoms with van der Waals surface area (Å²) in [4.78, 5) is 121. The monoisotopic (exact) mass is 1280 g/mol. The molecule has 0 radical (unpaired) electrons. The number of Topliss-reactive ketones (excluding diaryl/α,β-unsaturated/α-hetero) is 2. The summed E-state index contributed by atoms with van der Waals surface area (Å²) < 4.78 is 11.9. The fraction of sp³-hybridized carbons (Fsp3) is 0.779. The van der Waals surface area contributed by atoms with E-state index in [2.05, 4.69) is 40.3 Å². The van der Waals surface area contributed by atoms with E-state index in [9.17, 15) is 48.3 Å². The van der Waals surface area contributed by atoms with Crippen molar-refractivity contribution in [2.24, 2.45) is 35.5 Å². The molecule has 1 aromatic rings. The van der Waals surface area contributed by atoms with Crippen molar-refractivity contribution in [1.29, 1.82) is 0 Å². The molecule has 502 valence electrons. The van der Waals surface area contributed by atoms with Crippen LogP contribution in [0.4, 0.5) is 0 Å². The predicted octanol–water partition coefficient (Wildman–Crippen LogP) is 13.2. The molecule has 0 saturated carbocycles. The van der Waals surface area contributed by atoms with Gasteiger partial charge in [0, 0.05) is 91.6 Å². The highest BCUT2D eigenvalue weighted by Crippen LogP contribution is 2.33. The molecular weight excluding hydrogens is 1160 g/mol. The van der Waals surface area contributed by atoms with Gasteiger partial charge in [-0.2, -0.15) is 12.6 Å². The third-order valence-electron chi connectivity index (χ3n) is 16.4. The average Bonchev–Trinajstić information content (AvgIpc) is 3.08. The van der Waals surface area contributed by atoms with Gasteiger partial charge in [0.2, 0.25) is 29.5 Å². The summed E-state index contributed by atoms with van der Waals surface area (Å²) in [7, 11) is 6.42. The molecule has 0 bridgehead atoms. The third-order valence-corrected chi connectivity index (χ3v) is 18.9. The Morgan fingerprint density at radius 2 is 1.36 bits per heavy atom.